The topological polar surface area (TPSA) is 39.5 Å². The Hall–Kier alpha value is -1.10. The van der Waals surface area contributed by atoms with Gasteiger partial charge in [-0.1, -0.05) is 0 Å². The van der Waals surface area contributed by atoms with Gasteiger partial charge in [0.1, 0.15) is 31.9 Å². The molecule has 3 rings (SSSR count). The minimum atomic E-state index is 0.591. The third-order valence-electron chi connectivity index (χ3n) is 4.20. The van der Waals surface area contributed by atoms with Crippen molar-refractivity contribution in [2.75, 3.05) is 39.5 Å². The van der Waals surface area contributed by atoms with Crippen LogP contribution in [0.4, 0.5) is 0 Å². The van der Waals surface area contributed by atoms with Crippen molar-refractivity contribution < 1.29 is 19.7 Å². The number of rotatable bonds is 3. The molecule has 4 nitrogen and oxygen atoms in total. The Morgan fingerprint density at radius 2 is 2.21 bits per heavy atom. The lowest BCUT2D eigenvalue weighted by Gasteiger charge is -2.33. The van der Waals surface area contributed by atoms with Gasteiger partial charge < -0.3 is 19.7 Å². The third kappa shape index (κ3) is 2.76. The summed E-state index contributed by atoms with van der Waals surface area (Å²) in [5.41, 5.74) is 2.96. The van der Waals surface area contributed by atoms with Gasteiger partial charge in [0.15, 0.2) is 6.04 Å². The normalized spacial score (nSPS) is 23.9. The Labute approximate surface area is 114 Å². The van der Waals surface area contributed by atoms with Gasteiger partial charge in [0.25, 0.3) is 0 Å². The molecule has 0 aliphatic carbocycles. The molecule has 0 unspecified atom stereocenters. The summed E-state index contributed by atoms with van der Waals surface area (Å²) in [6, 6.07) is 7.20. The van der Waals surface area contributed by atoms with Crippen LogP contribution in [0.3, 0.4) is 0 Å². The van der Waals surface area contributed by atoms with Crippen molar-refractivity contribution in [3.63, 3.8) is 0 Å². The quantitative estimate of drug-likeness (QED) is 0.744. The second kappa shape index (κ2) is 5.90. The van der Waals surface area contributed by atoms with Gasteiger partial charge in [0.05, 0.1) is 19.8 Å². The monoisotopic (exact) mass is 264 g/mol. The third-order valence-corrected chi connectivity index (χ3v) is 4.20. The summed E-state index contributed by atoms with van der Waals surface area (Å²) < 4.78 is 11.1. The molecule has 0 spiro atoms. The van der Waals surface area contributed by atoms with Gasteiger partial charge in [-0.25, -0.2) is 0 Å². The first kappa shape index (κ1) is 12.9. The first-order valence-electron chi connectivity index (χ1n) is 7.38. The number of nitrogens with two attached hydrogens (primary N) is 1. The largest absolute Gasteiger partial charge is 0.494 e. The fourth-order valence-electron chi connectivity index (χ4n) is 3.24. The van der Waals surface area contributed by atoms with E-state index in [-0.39, 0.29) is 0 Å². The summed E-state index contributed by atoms with van der Waals surface area (Å²) in [7, 11) is 0. The molecular formula is C15H24N2O2+2. The fourth-order valence-corrected chi connectivity index (χ4v) is 3.24. The molecule has 1 aromatic carbocycles. The molecule has 0 amide bonds. The van der Waals surface area contributed by atoms with E-state index >= 15 is 0 Å². The summed E-state index contributed by atoms with van der Waals surface area (Å²) in [4.78, 5) is 1.66. The summed E-state index contributed by atoms with van der Waals surface area (Å²) in [6.45, 7) is 9.09. The number of ether oxygens (including phenoxy) is 2. The van der Waals surface area contributed by atoms with Crippen LogP contribution in [-0.2, 0) is 11.3 Å². The number of hydrogen-bond donors (Lipinski definition) is 2. The number of fused-ring (bicyclic) bond motifs is 1. The Balaban J connectivity index is 1.86. The molecule has 1 saturated heterocycles. The van der Waals surface area contributed by atoms with Crippen LogP contribution >= 0.6 is 0 Å². The van der Waals surface area contributed by atoms with Gasteiger partial charge in [-0.3, -0.25) is 0 Å². The van der Waals surface area contributed by atoms with Crippen molar-refractivity contribution in [2.45, 2.75) is 19.5 Å². The summed E-state index contributed by atoms with van der Waals surface area (Å²) >= 11 is 0. The van der Waals surface area contributed by atoms with E-state index in [9.17, 15) is 0 Å². The molecule has 0 radical (unpaired) electrons. The maximum absolute atomic E-state index is 5.66. The van der Waals surface area contributed by atoms with E-state index in [2.05, 4.69) is 23.5 Å². The van der Waals surface area contributed by atoms with E-state index in [0.29, 0.717) is 6.04 Å². The van der Waals surface area contributed by atoms with Crippen molar-refractivity contribution in [1.29, 1.82) is 0 Å². The lowest BCUT2D eigenvalue weighted by molar-refractivity contribution is -0.954. The lowest BCUT2D eigenvalue weighted by Crippen LogP contribution is -3.17. The van der Waals surface area contributed by atoms with Gasteiger partial charge in [-0.2, -0.15) is 0 Å². The maximum Gasteiger partial charge on any atom is 0.163 e. The van der Waals surface area contributed by atoms with E-state index in [1.54, 1.807) is 4.90 Å². The highest BCUT2D eigenvalue weighted by Crippen LogP contribution is 2.23. The summed E-state index contributed by atoms with van der Waals surface area (Å²) in [6.07, 6.45) is 0. The van der Waals surface area contributed by atoms with Gasteiger partial charge >= 0.3 is 0 Å². The lowest BCUT2D eigenvalue weighted by atomic mass is 9.95. The number of morpholine rings is 1. The molecule has 3 N–H and O–H groups in total. The Kier molecular flexibility index (Phi) is 4.01. The Bertz CT molecular complexity index is 430. The molecule has 1 aromatic rings. The molecule has 104 valence electrons. The average molecular weight is 264 g/mol. The average Bonchev–Trinajstić information content (AvgIpc) is 2.48. The smallest absolute Gasteiger partial charge is 0.163 e. The molecule has 2 heterocycles. The van der Waals surface area contributed by atoms with E-state index in [4.69, 9.17) is 9.47 Å². The highest BCUT2D eigenvalue weighted by atomic mass is 16.5. The van der Waals surface area contributed by atoms with Crippen LogP contribution in [0, 0.1) is 0 Å². The zero-order chi connectivity index (χ0) is 13.1. The highest BCUT2D eigenvalue weighted by molar-refractivity contribution is 5.37. The van der Waals surface area contributed by atoms with Gasteiger partial charge in [0, 0.05) is 11.1 Å². The van der Waals surface area contributed by atoms with Crippen molar-refractivity contribution >= 4 is 0 Å². The van der Waals surface area contributed by atoms with Crippen molar-refractivity contribution in [1.82, 2.24) is 0 Å². The van der Waals surface area contributed by atoms with E-state index < -0.39 is 0 Å². The van der Waals surface area contributed by atoms with Crippen LogP contribution in [-0.4, -0.2) is 39.5 Å². The minimum absolute atomic E-state index is 0.591. The fraction of sp³-hybridized carbons (Fsp3) is 0.600. The standard InChI is InChI=1S/C15H22N2O2/c1-2-19-13-4-3-12-10-16-11-15(14(12)9-13)17-5-7-18-8-6-17/h3-4,9,15-16H,2,5-8,10-11H2,1H3/p+2/t15-/m1/s1. The molecule has 1 atom stereocenters. The van der Waals surface area contributed by atoms with Crippen LogP contribution in [0.5, 0.6) is 5.75 Å². The zero-order valence-corrected chi connectivity index (χ0v) is 11.7. The number of quaternary nitrogens is 2. The maximum atomic E-state index is 5.66. The number of benzene rings is 1. The van der Waals surface area contributed by atoms with Crippen molar-refractivity contribution in [2.24, 2.45) is 0 Å². The Morgan fingerprint density at radius 3 is 3.00 bits per heavy atom. The first-order valence-corrected chi connectivity index (χ1v) is 7.38. The van der Waals surface area contributed by atoms with Crippen LogP contribution in [0.15, 0.2) is 18.2 Å². The van der Waals surface area contributed by atoms with Crippen molar-refractivity contribution in [3.05, 3.63) is 29.3 Å². The van der Waals surface area contributed by atoms with Crippen LogP contribution in [0.1, 0.15) is 24.1 Å². The minimum Gasteiger partial charge on any atom is -0.494 e. The van der Waals surface area contributed by atoms with Gasteiger partial charge in [-0.05, 0) is 25.1 Å². The molecule has 0 saturated carbocycles. The van der Waals surface area contributed by atoms with Gasteiger partial charge in [-0.15, -0.1) is 0 Å². The molecule has 2 aliphatic rings. The molecule has 1 fully saturated rings. The van der Waals surface area contributed by atoms with Gasteiger partial charge in [0.2, 0.25) is 0 Å². The van der Waals surface area contributed by atoms with E-state index in [0.717, 1.165) is 45.2 Å². The molecule has 0 aromatic heterocycles. The molecule has 4 heteroatoms. The van der Waals surface area contributed by atoms with Crippen LogP contribution in [0.2, 0.25) is 0 Å². The van der Waals surface area contributed by atoms with Crippen molar-refractivity contribution in [3.8, 4) is 5.75 Å². The number of hydrogen-bond acceptors (Lipinski definition) is 2. The molecule has 19 heavy (non-hydrogen) atoms. The van der Waals surface area contributed by atoms with E-state index in [1.165, 1.54) is 17.7 Å². The summed E-state index contributed by atoms with van der Waals surface area (Å²) in [5.74, 6) is 1.01. The predicted octanol–water partition coefficient (Wildman–Crippen LogP) is -0.881. The van der Waals surface area contributed by atoms with E-state index in [1.807, 2.05) is 6.92 Å². The number of nitrogens with one attached hydrogen (secondary N) is 1. The zero-order valence-electron chi connectivity index (χ0n) is 11.7. The molecule has 2 aliphatic heterocycles. The van der Waals surface area contributed by atoms with Crippen LogP contribution < -0.4 is 15.0 Å². The second-order valence-corrected chi connectivity index (χ2v) is 5.35. The SMILES string of the molecule is CCOc1ccc2c(c1)[C@H]([NH+]1CCOCC1)C[NH2+]C2. The highest BCUT2D eigenvalue weighted by Gasteiger charge is 2.32. The molecule has 0 bridgehead atoms. The van der Waals surface area contributed by atoms with Crippen LogP contribution in [0.25, 0.3) is 0 Å². The Morgan fingerprint density at radius 1 is 1.37 bits per heavy atom. The second-order valence-electron chi connectivity index (χ2n) is 5.35. The summed E-state index contributed by atoms with van der Waals surface area (Å²) in [5, 5.41) is 2.43. The molecular weight excluding hydrogens is 240 g/mol. The predicted molar refractivity (Wildman–Crippen MR) is 72.4 cm³/mol. The first-order chi connectivity index (χ1) is 9.38.